The Morgan fingerprint density at radius 2 is 1.86 bits per heavy atom. The highest BCUT2D eigenvalue weighted by molar-refractivity contribution is 5.94. The zero-order chi connectivity index (χ0) is 20.8. The first-order valence-electron chi connectivity index (χ1n) is 10.3. The number of nitrogens with one attached hydrogen (secondary N) is 1. The van der Waals surface area contributed by atoms with E-state index in [-0.39, 0.29) is 11.9 Å². The maximum Gasteiger partial charge on any atom is 0.251 e. The summed E-state index contributed by atoms with van der Waals surface area (Å²) in [6.45, 7) is 7.55. The number of amides is 1. The van der Waals surface area contributed by atoms with Crippen LogP contribution < -0.4 is 14.8 Å². The molecule has 2 aromatic rings. The number of carbonyl (C=O) groups excluding carboxylic acids is 1. The molecule has 3 rings (SSSR count). The fraction of sp³-hybridized carbons (Fsp3) is 0.458. The largest absolute Gasteiger partial charge is 0.493 e. The number of benzene rings is 2. The van der Waals surface area contributed by atoms with Crippen molar-refractivity contribution in [2.75, 3.05) is 27.3 Å². The SMILES string of the molecule is COc1ccc(C(C)NC(=O)c2ccc(CN3CCCC(C)C3)cc2)cc1OC. The van der Waals surface area contributed by atoms with Crippen molar-refractivity contribution >= 4 is 5.91 Å². The first kappa shape index (κ1) is 21.2. The van der Waals surface area contributed by atoms with Gasteiger partial charge in [-0.25, -0.2) is 0 Å². The molecule has 2 atom stereocenters. The highest BCUT2D eigenvalue weighted by Crippen LogP contribution is 2.30. The van der Waals surface area contributed by atoms with E-state index in [0.29, 0.717) is 17.1 Å². The van der Waals surface area contributed by atoms with E-state index >= 15 is 0 Å². The van der Waals surface area contributed by atoms with Crippen molar-refractivity contribution in [3.8, 4) is 11.5 Å². The van der Waals surface area contributed by atoms with Gasteiger partial charge in [0.25, 0.3) is 5.91 Å². The monoisotopic (exact) mass is 396 g/mol. The predicted molar refractivity (Wildman–Crippen MR) is 116 cm³/mol. The number of methoxy groups -OCH3 is 2. The van der Waals surface area contributed by atoms with Gasteiger partial charge in [0.05, 0.1) is 20.3 Å². The van der Waals surface area contributed by atoms with Gasteiger partial charge in [0.15, 0.2) is 11.5 Å². The Balaban J connectivity index is 1.60. The molecule has 1 aliphatic heterocycles. The second-order valence-electron chi connectivity index (χ2n) is 7.99. The standard InChI is InChI=1S/C24H32N2O3/c1-17-6-5-13-26(15-17)16-19-7-9-20(10-8-19)24(27)25-18(2)21-11-12-22(28-3)23(14-21)29-4/h7-12,14,17-18H,5-6,13,15-16H2,1-4H3,(H,25,27). The summed E-state index contributed by atoms with van der Waals surface area (Å²) >= 11 is 0. The lowest BCUT2D eigenvalue weighted by Crippen LogP contribution is -2.33. The van der Waals surface area contributed by atoms with Crippen molar-refractivity contribution in [1.29, 1.82) is 0 Å². The Bertz CT molecular complexity index is 819. The smallest absolute Gasteiger partial charge is 0.251 e. The number of hydrogen-bond acceptors (Lipinski definition) is 4. The highest BCUT2D eigenvalue weighted by atomic mass is 16.5. The van der Waals surface area contributed by atoms with E-state index in [1.54, 1.807) is 14.2 Å². The average molecular weight is 397 g/mol. The lowest BCUT2D eigenvalue weighted by Gasteiger charge is -2.30. The van der Waals surface area contributed by atoms with Crippen LogP contribution in [-0.4, -0.2) is 38.1 Å². The van der Waals surface area contributed by atoms with Crippen LogP contribution in [-0.2, 0) is 6.54 Å². The minimum Gasteiger partial charge on any atom is -0.493 e. The van der Waals surface area contributed by atoms with Crippen molar-refractivity contribution < 1.29 is 14.3 Å². The summed E-state index contributed by atoms with van der Waals surface area (Å²) in [5, 5.41) is 3.06. The Morgan fingerprint density at radius 3 is 2.52 bits per heavy atom. The zero-order valence-electron chi connectivity index (χ0n) is 17.9. The van der Waals surface area contributed by atoms with Crippen LogP contribution in [0.3, 0.4) is 0 Å². The van der Waals surface area contributed by atoms with Gasteiger partial charge in [-0.2, -0.15) is 0 Å². The molecule has 2 unspecified atom stereocenters. The first-order chi connectivity index (χ1) is 14.0. The third kappa shape index (κ3) is 5.51. The molecule has 5 nitrogen and oxygen atoms in total. The molecule has 1 fully saturated rings. The quantitative estimate of drug-likeness (QED) is 0.752. The van der Waals surface area contributed by atoms with Crippen LogP contribution >= 0.6 is 0 Å². The average Bonchev–Trinajstić information content (AvgIpc) is 2.73. The van der Waals surface area contributed by atoms with E-state index < -0.39 is 0 Å². The molecule has 0 bridgehead atoms. The summed E-state index contributed by atoms with van der Waals surface area (Å²) < 4.78 is 10.6. The molecule has 1 aliphatic rings. The molecule has 1 heterocycles. The lowest BCUT2D eigenvalue weighted by molar-refractivity contribution is 0.0940. The van der Waals surface area contributed by atoms with E-state index in [4.69, 9.17) is 9.47 Å². The Labute approximate surface area is 174 Å². The summed E-state index contributed by atoms with van der Waals surface area (Å²) in [5.74, 6) is 2.02. The van der Waals surface area contributed by atoms with Crippen LogP contribution in [0.4, 0.5) is 0 Å². The van der Waals surface area contributed by atoms with Gasteiger partial charge in [-0.1, -0.05) is 25.1 Å². The number of carbonyl (C=O) groups is 1. The van der Waals surface area contributed by atoms with E-state index in [9.17, 15) is 4.79 Å². The molecule has 0 saturated carbocycles. The van der Waals surface area contributed by atoms with Crippen LogP contribution in [0.5, 0.6) is 11.5 Å². The number of likely N-dealkylation sites (tertiary alicyclic amines) is 1. The van der Waals surface area contributed by atoms with E-state index in [2.05, 4.69) is 29.3 Å². The molecule has 1 saturated heterocycles. The third-order valence-corrected chi connectivity index (χ3v) is 5.62. The molecule has 0 aromatic heterocycles. The molecule has 0 spiro atoms. The van der Waals surface area contributed by atoms with Gasteiger partial charge in [0.2, 0.25) is 0 Å². The summed E-state index contributed by atoms with van der Waals surface area (Å²) in [4.78, 5) is 15.2. The van der Waals surface area contributed by atoms with Crippen LogP contribution in [0.25, 0.3) is 0 Å². The summed E-state index contributed by atoms with van der Waals surface area (Å²) in [6.07, 6.45) is 2.60. The first-order valence-corrected chi connectivity index (χ1v) is 10.3. The highest BCUT2D eigenvalue weighted by Gasteiger charge is 2.17. The Morgan fingerprint density at radius 1 is 1.14 bits per heavy atom. The molecule has 0 aliphatic carbocycles. The van der Waals surface area contributed by atoms with Crippen LogP contribution in [0.1, 0.15) is 54.2 Å². The van der Waals surface area contributed by atoms with Gasteiger partial charge in [0, 0.05) is 18.7 Å². The molecule has 2 aromatic carbocycles. The second kappa shape index (κ2) is 9.79. The normalized spacial score (nSPS) is 18.1. The van der Waals surface area contributed by atoms with Gasteiger partial charge in [0.1, 0.15) is 0 Å². The fourth-order valence-electron chi connectivity index (χ4n) is 3.94. The molecular formula is C24H32N2O3. The number of ether oxygens (including phenoxy) is 2. The van der Waals surface area contributed by atoms with Gasteiger partial charge < -0.3 is 14.8 Å². The third-order valence-electron chi connectivity index (χ3n) is 5.62. The summed E-state index contributed by atoms with van der Waals surface area (Å²) in [7, 11) is 3.22. The second-order valence-corrected chi connectivity index (χ2v) is 7.99. The van der Waals surface area contributed by atoms with Crippen molar-refractivity contribution in [3.05, 3.63) is 59.2 Å². The van der Waals surface area contributed by atoms with Crippen LogP contribution in [0.2, 0.25) is 0 Å². The predicted octanol–water partition coefficient (Wildman–Crippen LogP) is 4.43. The Kier molecular flexibility index (Phi) is 7.15. The minimum atomic E-state index is -0.142. The summed E-state index contributed by atoms with van der Waals surface area (Å²) in [5.41, 5.74) is 2.89. The maximum atomic E-state index is 12.7. The maximum absolute atomic E-state index is 12.7. The van der Waals surface area contributed by atoms with Crippen molar-refractivity contribution in [1.82, 2.24) is 10.2 Å². The number of nitrogens with zero attached hydrogens (tertiary/aromatic N) is 1. The minimum absolute atomic E-state index is 0.0783. The number of rotatable bonds is 7. The number of hydrogen-bond donors (Lipinski definition) is 1. The molecular weight excluding hydrogens is 364 g/mol. The van der Waals surface area contributed by atoms with E-state index in [1.807, 2.05) is 37.3 Å². The fourth-order valence-corrected chi connectivity index (χ4v) is 3.94. The van der Waals surface area contributed by atoms with Gasteiger partial charge >= 0.3 is 0 Å². The van der Waals surface area contributed by atoms with Gasteiger partial charge in [-0.3, -0.25) is 9.69 Å². The lowest BCUT2D eigenvalue weighted by atomic mass is 9.99. The van der Waals surface area contributed by atoms with E-state index in [0.717, 1.165) is 31.1 Å². The molecule has 1 N–H and O–H groups in total. The van der Waals surface area contributed by atoms with Crippen molar-refractivity contribution in [2.24, 2.45) is 5.92 Å². The summed E-state index contributed by atoms with van der Waals surface area (Å²) in [6, 6.07) is 13.5. The van der Waals surface area contributed by atoms with Gasteiger partial charge in [-0.15, -0.1) is 0 Å². The van der Waals surface area contributed by atoms with Crippen molar-refractivity contribution in [3.63, 3.8) is 0 Å². The molecule has 0 radical (unpaired) electrons. The number of piperidine rings is 1. The van der Waals surface area contributed by atoms with Crippen molar-refractivity contribution in [2.45, 2.75) is 39.3 Å². The van der Waals surface area contributed by atoms with Crippen LogP contribution in [0, 0.1) is 5.92 Å². The zero-order valence-corrected chi connectivity index (χ0v) is 17.9. The van der Waals surface area contributed by atoms with Crippen LogP contribution in [0.15, 0.2) is 42.5 Å². The van der Waals surface area contributed by atoms with E-state index in [1.165, 1.54) is 18.4 Å². The molecule has 5 heteroatoms. The molecule has 29 heavy (non-hydrogen) atoms. The molecule has 1 amide bonds. The topological polar surface area (TPSA) is 50.8 Å². The van der Waals surface area contributed by atoms with Gasteiger partial charge in [-0.05, 0) is 67.6 Å². The Hall–Kier alpha value is -2.53. The molecule has 156 valence electrons.